The van der Waals surface area contributed by atoms with E-state index in [1.54, 1.807) is 25.1 Å². The van der Waals surface area contributed by atoms with E-state index in [-0.39, 0.29) is 30.3 Å². The number of amides is 3. The van der Waals surface area contributed by atoms with Crippen LogP contribution in [0.25, 0.3) is 0 Å². The van der Waals surface area contributed by atoms with Crippen molar-refractivity contribution in [1.29, 1.82) is 0 Å². The normalized spacial score (nSPS) is 18.3. The Hall–Kier alpha value is -2.41. The quantitative estimate of drug-likeness (QED) is 0.846. The molecule has 0 spiro atoms. The van der Waals surface area contributed by atoms with Crippen LogP contribution >= 0.6 is 0 Å². The Morgan fingerprint density at radius 3 is 2.54 bits per heavy atom. The van der Waals surface area contributed by atoms with E-state index in [0.29, 0.717) is 25.2 Å². The predicted octanol–water partition coefficient (Wildman–Crippen LogP) is 0.0789. The summed E-state index contributed by atoms with van der Waals surface area (Å²) in [6, 6.07) is 7.09. The first kappa shape index (κ1) is 17.9. The van der Waals surface area contributed by atoms with E-state index >= 15 is 0 Å². The van der Waals surface area contributed by atoms with Gasteiger partial charge >= 0.3 is 0 Å². The lowest BCUT2D eigenvalue weighted by Crippen LogP contribution is -2.51. The number of nitrogens with two attached hydrogens (primary N) is 1. The zero-order valence-electron chi connectivity index (χ0n) is 14.4. The fraction of sp³-hybridized carbons (Fsp3) is 0.471. The monoisotopic (exact) mass is 332 g/mol. The summed E-state index contributed by atoms with van der Waals surface area (Å²) in [5.41, 5.74) is 6.75. The lowest BCUT2D eigenvalue weighted by molar-refractivity contribution is -0.134. The van der Waals surface area contributed by atoms with Gasteiger partial charge in [0.05, 0.1) is 12.6 Å². The summed E-state index contributed by atoms with van der Waals surface area (Å²) in [6.45, 7) is 3.35. The molecule has 0 aliphatic carbocycles. The summed E-state index contributed by atoms with van der Waals surface area (Å²) >= 11 is 0. The van der Waals surface area contributed by atoms with Gasteiger partial charge in [0.25, 0.3) is 5.91 Å². The zero-order valence-corrected chi connectivity index (χ0v) is 14.4. The Morgan fingerprint density at radius 1 is 1.25 bits per heavy atom. The molecule has 1 fully saturated rings. The summed E-state index contributed by atoms with van der Waals surface area (Å²) in [7, 11) is 3.40. The van der Waals surface area contributed by atoms with Gasteiger partial charge in [0.15, 0.2) is 0 Å². The number of carbonyl (C=O) groups excluding carboxylic acids is 3. The van der Waals surface area contributed by atoms with E-state index in [1.807, 2.05) is 23.1 Å². The molecule has 7 heteroatoms. The van der Waals surface area contributed by atoms with Gasteiger partial charge in [-0.25, -0.2) is 0 Å². The van der Waals surface area contributed by atoms with E-state index in [1.165, 1.54) is 11.8 Å². The molecule has 2 rings (SSSR count). The number of piperazine rings is 1. The van der Waals surface area contributed by atoms with Gasteiger partial charge < -0.3 is 15.5 Å². The Bertz CT molecular complexity index is 644. The number of hydrogen-bond donors (Lipinski definition) is 1. The van der Waals surface area contributed by atoms with Crippen molar-refractivity contribution in [3.63, 3.8) is 0 Å². The van der Waals surface area contributed by atoms with Gasteiger partial charge in [-0.2, -0.15) is 0 Å². The number of primary amides is 1. The van der Waals surface area contributed by atoms with Gasteiger partial charge in [-0.05, 0) is 17.7 Å². The average Bonchev–Trinajstić information content (AvgIpc) is 2.53. The van der Waals surface area contributed by atoms with Crippen molar-refractivity contribution >= 4 is 17.7 Å². The van der Waals surface area contributed by atoms with Crippen LogP contribution in [0.2, 0.25) is 0 Å². The van der Waals surface area contributed by atoms with Crippen LogP contribution in [0.5, 0.6) is 0 Å². The molecule has 7 nitrogen and oxygen atoms in total. The summed E-state index contributed by atoms with van der Waals surface area (Å²) in [4.78, 5) is 40.6. The van der Waals surface area contributed by atoms with Crippen molar-refractivity contribution in [3.8, 4) is 0 Å². The first-order chi connectivity index (χ1) is 11.3. The zero-order chi connectivity index (χ0) is 17.9. The molecule has 1 atom stereocenters. The van der Waals surface area contributed by atoms with E-state index in [0.717, 1.165) is 5.56 Å². The highest BCUT2D eigenvalue weighted by molar-refractivity contribution is 5.94. The fourth-order valence-electron chi connectivity index (χ4n) is 3.00. The number of hydrogen-bond acceptors (Lipinski definition) is 4. The minimum absolute atomic E-state index is 0.0249. The summed E-state index contributed by atoms with van der Waals surface area (Å²) in [5.74, 6) is -0.499. The van der Waals surface area contributed by atoms with Crippen molar-refractivity contribution in [2.24, 2.45) is 5.73 Å². The maximum Gasteiger partial charge on any atom is 0.253 e. The van der Waals surface area contributed by atoms with Gasteiger partial charge in [0.1, 0.15) is 0 Å². The third-order valence-electron chi connectivity index (χ3n) is 4.17. The largest absolute Gasteiger partial charge is 0.369 e. The summed E-state index contributed by atoms with van der Waals surface area (Å²) in [5, 5.41) is 0. The first-order valence-electron chi connectivity index (χ1n) is 7.89. The molecule has 2 N–H and O–H groups in total. The topological polar surface area (TPSA) is 87.0 Å². The molecule has 0 unspecified atom stereocenters. The second-order valence-corrected chi connectivity index (χ2v) is 6.25. The van der Waals surface area contributed by atoms with Gasteiger partial charge in [-0.1, -0.05) is 12.1 Å². The maximum absolute atomic E-state index is 12.2. The Morgan fingerprint density at radius 2 is 1.96 bits per heavy atom. The van der Waals surface area contributed by atoms with Gasteiger partial charge in [0, 0.05) is 46.2 Å². The molecule has 0 aromatic heterocycles. The lowest BCUT2D eigenvalue weighted by atomic mass is 9.99. The third-order valence-corrected chi connectivity index (χ3v) is 4.17. The van der Waals surface area contributed by atoms with Crippen molar-refractivity contribution in [2.45, 2.75) is 13.0 Å². The van der Waals surface area contributed by atoms with E-state index in [9.17, 15) is 14.4 Å². The second kappa shape index (κ2) is 7.44. The number of rotatable bonds is 4. The molecule has 0 bridgehead atoms. The van der Waals surface area contributed by atoms with Gasteiger partial charge in [-0.15, -0.1) is 0 Å². The minimum atomic E-state index is -0.387. The predicted molar refractivity (Wildman–Crippen MR) is 90.2 cm³/mol. The van der Waals surface area contributed by atoms with Crippen molar-refractivity contribution < 1.29 is 14.4 Å². The summed E-state index contributed by atoms with van der Waals surface area (Å²) in [6.07, 6.45) is 0. The van der Waals surface area contributed by atoms with Gasteiger partial charge in [-0.3, -0.25) is 19.3 Å². The Kier molecular flexibility index (Phi) is 5.56. The van der Waals surface area contributed by atoms with E-state index < -0.39 is 0 Å². The molecule has 1 saturated heterocycles. The molecule has 1 aromatic carbocycles. The summed E-state index contributed by atoms with van der Waals surface area (Å²) < 4.78 is 0. The molecule has 24 heavy (non-hydrogen) atoms. The second-order valence-electron chi connectivity index (χ2n) is 6.25. The van der Waals surface area contributed by atoms with Crippen LogP contribution < -0.4 is 5.73 Å². The molecule has 1 aliphatic rings. The number of benzene rings is 1. The van der Waals surface area contributed by atoms with Crippen molar-refractivity contribution in [1.82, 2.24) is 14.7 Å². The average molecular weight is 332 g/mol. The molecule has 1 aromatic rings. The first-order valence-corrected chi connectivity index (χ1v) is 7.89. The van der Waals surface area contributed by atoms with Crippen LogP contribution in [0.1, 0.15) is 28.9 Å². The van der Waals surface area contributed by atoms with E-state index in [2.05, 4.69) is 0 Å². The highest BCUT2D eigenvalue weighted by Crippen LogP contribution is 2.26. The minimum Gasteiger partial charge on any atom is -0.369 e. The van der Waals surface area contributed by atoms with E-state index in [4.69, 9.17) is 5.73 Å². The van der Waals surface area contributed by atoms with Crippen LogP contribution in [0, 0.1) is 0 Å². The Labute approximate surface area is 142 Å². The standard InChI is InChI=1S/C17H24N4O3/c1-12(22)21-8-7-20(11-16(18)23)10-15(21)13-5-4-6-14(9-13)17(24)19(2)3/h4-6,9,15H,7-8,10-11H2,1-3H3,(H2,18,23)/t15-/m0/s1. The van der Waals surface area contributed by atoms with Crippen molar-refractivity contribution in [3.05, 3.63) is 35.4 Å². The fourth-order valence-corrected chi connectivity index (χ4v) is 3.00. The highest BCUT2D eigenvalue weighted by Gasteiger charge is 2.30. The molecule has 0 radical (unpaired) electrons. The third kappa shape index (κ3) is 4.11. The molecule has 0 saturated carbocycles. The Balaban J connectivity index is 2.30. The lowest BCUT2D eigenvalue weighted by Gasteiger charge is -2.41. The molecule has 1 aliphatic heterocycles. The van der Waals surface area contributed by atoms with Crippen LogP contribution in [-0.2, 0) is 9.59 Å². The number of nitrogens with zero attached hydrogens (tertiary/aromatic N) is 3. The highest BCUT2D eigenvalue weighted by atomic mass is 16.2. The smallest absolute Gasteiger partial charge is 0.253 e. The van der Waals surface area contributed by atoms with Crippen molar-refractivity contribution in [2.75, 3.05) is 40.3 Å². The van der Waals surface area contributed by atoms with Crippen LogP contribution in [-0.4, -0.2) is 72.7 Å². The SMILES string of the molecule is CC(=O)N1CCN(CC(N)=O)C[C@H]1c1cccc(C(=O)N(C)C)c1. The number of carbonyl (C=O) groups is 3. The maximum atomic E-state index is 12.2. The molecule has 1 heterocycles. The molecule has 130 valence electrons. The molecular formula is C17H24N4O3. The van der Waals surface area contributed by atoms with Crippen LogP contribution in [0.4, 0.5) is 0 Å². The molecule has 3 amide bonds. The van der Waals surface area contributed by atoms with Crippen LogP contribution in [0.3, 0.4) is 0 Å². The van der Waals surface area contributed by atoms with Gasteiger partial charge in [0.2, 0.25) is 11.8 Å². The molecular weight excluding hydrogens is 308 g/mol. The van der Waals surface area contributed by atoms with Crippen LogP contribution in [0.15, 0.2) is 24.3 Å².